The van der Waals surface area contributed by atoms with E-state index < -0.39 is 5.60 Å². The van der Waals surface area contributed by atoms with E-state index in [2.05, 4.69) is 0 Å². The van der Waals surface area contributed by atoms with Crippen LogP contribution in [0.1, 0.15) is 33.6 Å². The number of aliphatic hydroxyl groups is 1. The number of rotatable bonds is 6. The van der Waals surface area contributed by atoms with Crippen LogP contribution in [-0.4, -0.2) is 47.7 Å². The van der Waals surface area contributed by atoms with Gasteiger partial charge in [0.2, 0.25) is 5.91 Å². The molecule has 0 aromatic carbocycles. The zero-order valence-corrected chi connectivity index (χ0v) is 10.4. The molecule has 0 rings (SSSR count). The van der Waals surface area contributed by atoms with Gasteiger partial charge in [0.15, 0.2) is 0 Å². The van der Waals surface area contributed by atoms with Gasteiger partial charge in [-0.3, -0.25) is 9.59 Å². The van der Waals surface area contributed by atoms with Crippen LogP contribution in [-0.2, 0) is 14.3 Å². The van der Waals surface area contributed by atoms with Crippen molar-refractivity contribution >= 4 is 11.9 Å². The minimum absolute atomic E-state index is 0.0862. The molecule has 1 N–H and O–H groups in total. The number of hydrogen-bond acceptors (Lipinski definition) is 4. The topological polar surface area (TPSA) is 66.8 Å². The maximum atomic E-state index is 11.5. The molecule has 0 bridgehead atoms. The van der Waals surface area contributed by atoms with E-state index in [4.69, 9.17) is 4.74 Å². The van der Waals surface area contributed by atoms with Crippen LogP contribution in [0.25, 0.3) is 0 Å². The second-order valence-electron chi connectivity index (χ2n) is 4.37. The van der Waals surface area contributed by atoms with Gasteiger partial charge in [-0.25, -0.2) is 0 Å². The molecule has 0 radical (unpaired) electrons. The summed E-state index contributed by atoms with van der Waals surface area (Å²) in [5.74, 6) is -0.539. The van der Waals surface area contributed by atoms with Crippen molar-refractivity contribution in [3.05, 3.63) is 0 Å². The summed E-state index contributed by atoms with van der Waals surface area (Å²) in [6.45, 7) is 5.55. The molecular formula is C11H21NO4. The number of hydrogen-bond donors (Lipinski definition) is 1. The van der Waals surface area contributed by atoms with Crippen LogP contribution in [0.4, 0.5) is 0 Å². The molecule has 0 saturated carbocycles. The van der Waals surface area contributed by atoms with Crippen molar-refractivity contribution in [2.45, 2.75) is 39.2 Å². The van der Waals surface area contributed by atoms with Gasteiger partial charge in [0.05, 0.1) is 18.6 Å². The third-order valence-electron chi connectivity index (χ3n) is 1.90. The summed E-state index contributed by atoms with van der Waals surface area (Å²) in [6, 6.07) is 0. The fourth-order valence-corrected chi connectivity index (χ4v) is 1.30. The zero-order valence-electron chi connectivity index (χ0n) is 10.4. The van der Waals surface area contributed by atoms with Gasteiger partial charge in [0.1, 0.15) is 0 Å². The first-order chi connectivity index (χ1) is 7.26. The monoisotopic (exact) mass is 231 g/mol. The van der Waals surface area contributed by atoms with Crippen LogP contribution < -0.4 is 0 Å². The number of amides is 1. The average molecular weight is 231 g/mol. The second kappa shape index (κ2) is 6.48. The Labute approximate surface area is 96.4 Å². The lowest BCUT2D eigenvalue weighted by molar-refractivity contribution is -0.145. The number of carbonyl (C=O) groups excluding carboxylic acids is 2. The SMILES string of the molecule is CCOC(=O)CCC(=O)N(C)CC(C)(C)O. The third kappa shape index (κ3) is 7.23. The van der Waals surface area contributed by atoms with Crippen molar-refractivity contribution < 1.29 is 19.4 Å². The summed E-state index contributed by atoms with van der Waals surface area (Å²) >= 11 is 0. The van der Waals surface area contributed by atoms with Gasteiger partial charge < -0.3 is 14.7 Å². The highest BCUT2D eigenvalue weighted by molar-refractivity contribution is 5.81. The van der Waals surface area contributed by atoms with Crippen LogP contribution in [0.5, 0.6) is 0 Å². The number of carbonyl (C=O) groups is 2. The van der Waals surface area contributed by atoms with E-state index >= 15 is 0 Å². The van der Waals surface area contributed by atoms with Gasteiger partial charge in [-0.2, -0.15) is 0 Å². The normalized spacial score (nSPS) is 11.1. The Morgan fingerprint density at radius 1 is 1.31 bits per heavy atom. The largest absolute Gasteiger partial charge is 0.466 e. The molecule has 0 spiro atoms. The maximum Gasteiger partial charge on any atom is 0.306 e. The maximum absolute atomic E-state index is 11.5. The Hall–Kier alpha value is -1.10. The quantitative estimate of drug-likeness (QED) is 0.678. The lowest BCUT2D eigenvalue weighted by Crippen LogP contribution is -2.39. The first-order valence-corrected chi connectivity index (χ1v) is 5.38. The Morgan fingerprint density at radius 2 is 1.88 bits per heavy atom. The first-order valence-electron chi connectivity index (χ1n) is 5.38. The average Bonchev–Trinajstić information content (AvgIpc) is 2.11. The minimum Gasteiger partial charge on any atom is -0.466 e. The van der Waals surface area contributed by atoms with Crippen LogP contribution >= 0.6 is 0 Å². The molecule has 0 aliphatic rings. The van der Waals surface area contributed by atoms with E-state index in [1.54, 1.807) is 27.8 Å². The van der Waals surface area contributed by atoms with Crippen LogP contribution in [0.2, 0.25) is 0 Å². The third-order valence-corrected chi connectivity index (χ3v) is 1.90. The van der Waals surface area contributed by atoms with Crippen LogP contribution in [0, 0.1) is 0 Å². The van der Waals surface area contributed by atoms with Crippen molar-refractivity contribution in [2.75, 3.05) is 20.2 Å². The van der Waals surface area contributed by atoms with E-state index in [9.17, 15) is 14.7 Å². The molecule has 0 aliphatic heterocycles. The smallest absolute Gasteiger partial charge is 0.306 e. The van der Waals surface area contributed by atoms with Crippen molar-refractivity contribution in [3.8, 4) is 0 Å². The van der Waals surface area contributed by atoms with Gasteiger partial charge in [0, 0.05) is 20.0 Å². The van der Waals surface area contributed by atoms with Gasteiger partial charge >= 0.3 is 5.97 Å². The van der Waals surface area contributed by atoms with Gasteiger partial charge in [0.25, 0.3) is 0 Å². The minimum atomic E-state index is -0.922. The number of esters is 1. The molecule has 0 aromatic heterocycles. The van der Waals surface area contributed by atoms with Crippen LogP contribution in [0.15, 0.2) is 0 Å². The Bertz CT molecular complexity index is 245. The van der Waals surface area contributed by atoms with Gasteiger partial charge in [-0.05, 0) is 20.8 Å². The summed E-state index contributed by atoms with van der Waals surface area (Å²) in [5.41, 5.74) is -0.922. The van der Waals surface area contributed by atoms with Crippen molar-refractivity contribution in [2.24, 2.45) is 0 Å². The van der Waals surface area contributed by atoms with E-state index in [0.717, 1.165) is 0 Å². The second-order valence-corrected chi connectivity index (χ2v) is 4.37. The highest BCUT2D eigenvalue weighted by atomic mass is 16.5. The molecule has 0 fully saturated rings. The van der Waals surface area contributed by atoms with E-state index in [0.29, 0.717) is 6.61 Å². The first kappa shape index (κ1) is 14.9. The lowest BCUT2D eigenvalue weighted by atomic mass is 10.1. The van der Waals surface area contributed by atoms with Crippen molar-refractivity contribution in [1.82, 2.24) is 4.90 Å². The highest BCUT2D eigenvalue weighted by Crippen LogP contribution is 2.05. The van der Waals surface area contributed by atoms with E-state index in [1.807, 2.05) is 0 Å². The molecular weight excluding hydrogens is 210 g/mol. The van der Waals surface area contributed by atoms with Gasteiger partial charge in [-0.1, -0.05) is 0 Å². The summed E-state index contributed by atoms with van der Waals surface area (Å²) in [5, 5.41) is 9.51. The lowest BCUT2D eigenvalue weighted by Gasteiger charge is -2.25. The molecule has 5 nitrogen and oxygen atoms in total. The number of ether oxygens (including phenoxy) is 1. The standard InChI is InChI=1S/C11H21NO4/c1-5-16-10(14)7-6-9(13)12(4)8-11(2,3)15/h15H,5-8H2,1-4H3. The fourth-order valence-electron chi connectivity index (χ4n) is 1.30. The Morgan fingerprint density at radius 3 is 2.31 bits per heavy atom. The number of likely N-dealkylation sites (N-methyl/N-ethyl adjacent to an activating group) is 1. The molecule has 0 heterocycles. The van der Waals surface area contributed by atoms with Crippen LogP contribution in [0.3, 0.4) is 0 Å². The summed E-state index contributed by atoms with van der Waals surface area (Å²) in [4.78, 5) is 24.0. The van der Waals surface area contributed by atoms with Crippen molar-refractivity contribution in [1.29, 1.82) is 0 Å². The molecule has 0 aliphatic carbocycles. The highest BCUT2D eigenvalue weighted by Gasteiger charge is 2.19. The summed E-state index contributed by atoms with van der Waals surface area (Å²) in [6.07, 6.45) is 0.203. The van der Waals surface area contributed by atoms with Gasteiger partial charge in [-0.15, -0.1) is 0 Å². The molecule has 0 unspecified atom stereocenters. The predicted octanol–water partition coefficient (Wildman–Crippen LogP) is 0.559. The molecule has 1 amide bonds. The Balaban J connectivity index is 3.93. The number of nitrogens with zero attached hydrogens (tertiary/aromatic N) is 1. The predicted molar refractivity (Wildman–Crippen MR) is 59.8 cm³/mol. The Kier molecular flexibility index (Phi) is 6.03. The zero-order chi connectivity index (χ0) is 12.8. The molecule has 94 valence electrons. The molecule has 16 heavy (non-hydrogen) atoms. The van der Waals surface area contributed by atoms with E-state index in [1.165, 1.54) is 4.90 Å². The molecule has 0 saturated heterocycles. The summed E-state index contributed by atoms with van der Waals surface area (Å²) in [7, 11) is 1.60. The fraction of sp³-hybridized carbons (Fsp3) is 0.818. The molecule has 0 atom stereocenters. The molecule has 0 aromatic rings. The summed E-state index contributed by atoms with van der Waals surface area (Å²) < 4.78 is 4.71. The van der Waals surface area contributed by atoms with Crippen molar-refractivity contribution in [3.63, 3.8) is 0 Å². The van der Waals surface area contributed by atoms with E-state index in [-0.39, 0.29) is 31.3 Å². The molecule has 5 heteroatoms.